The summed E-state index contributed by atoms with van der Waals surface area (Å²) in [5.74, 6) is 1.44. The Hall–Kier alpha value is -3.43. The zero-order chi connectivity index (χ0) is 25.8. The number of fused-ring (bicyclic) bond motifs is 1. The van der Waals surface area contributed by atoms with Crippen molar-refractivity contribution in [2.75, 3.05) is 44.6 Å². The highest BCUT2D eigenvalue weighted by atomic mass is 19.1. The van der Waals surface area contributed by atoms with Gasteiger partial charge in [-0.05, 0) is 74.9 Å². The molecule has 192 valence electrons. The standard InChI is InChI=1S/C27H37FN8/c1-5-34-10-12-35(13-11-34)17-22(29)6-7-25(30)33-26-16-20(8-9-31-26)21-14-23(28)27-24(15-21)36(18(2)3)19(4)32-27/h6-9,14-16,18H,5,10-13,17,29-30H2,1-4H3,(H,31,33)/b22-6-,25-7+. The van der Waals surface area contributed by atoms with Crippen LogP contribution in [-0.4, -0.2) is 63.6 Å². The lowest BCUT2D eigenvalue weighted by atomic mass is 10.1. The molecule has 4 rings (SSSR count). The third kappa shape index (κ3) is 5.85. The zero-order valence-electron chi connectivity index (χ0n) is 21.6. The Kier molecular flexibility index (Phi) is 7.91. The predicted molar refractivity (Wildman–Crippen MR) is 145 cm³/mol. The number of hydrogen-bond acceptors (Lipinski definition) is 7. The molecule has 0 amide bonds. The number of likely N-dealkylation sites (N-methyl/N-ethyl adjacent to an activating group) is 1. The van der Waals surface area contributed by atoms with Crippen molar-refractivity contribution in [3.8, 4) is 11.1 Å². The maximum absolute atomic E-state index is 14.9. The fourth-order valence-corrected chi connectivity index (χ4v) is 4.73. The SMILES string of the molecule is CCN1CCN(C/C(N)=C/C=C(\N)Nc2cc(-c3cc(F)c4nc(C)n(C(C)C)c4c3)ccn2)CC1. The van der Waals surface area contributed by atoms with Gasteiger partial charge in [-0.25, -0.2) is 14.4 Å². The van der Waals surface area contributed by atoms with Gasteiger partial charge < -0.3 is 26.3 Å². The van der Waals surface area contributed by atoms with Crippen LogP contribution in [0.4, 0.5) is 10.2 Å². The van der Waals surface area contributed by atoms with Crippen molar-refractivity contribution in [2.24, 2.45) is 11.5 Å². The maximum atomic E-state index is 14.9. The van der Waals surface area contributed by atoms with Crippen LogP contribution in [0.25, 0.3) is 22.2 Å². The van der Waals surface area contributed by atoms with E-state index >= 15 is 0 Å². The second-order valence-corrected chi connectivity index (χ2v) is 9.58. The van der Waals surface area contributed by atoms with E-state index in [1.165, 1.54) is 6.07 Å². The number of aryl methyl sites for hydroxylation is 1. The van der Waals surface area contributed by atoms with Crippen molar-refractivity contribution in [1.82, 2.24) is 24.3 Å². The van der Waals surface area contributed by atoms with E-state index in [1.54, 1.807) is 12.3 Å². The highest BCUT2D eigenvalue weighted by molar-refractivity contribution is 5.84. The Morgan fingerprint density at radius 1 is 1.08 bits per heavy atom. The van der Waals surface area contributed by atoms with Crippen molar-refractivity contribution in [3.63, 3.8) is 0 Å². The molecule has 36 heavy (non-hydrogen) atoms. The van der Waals surface area contributed by atoms with Gasteiger partial charge in [0.15, 0.2) is 5.82 Å². The summed E-state index contributed by atoms with van der Waals surface area (Å²) in [7, 11) is 0. The number of anilines is 1. The molecule has 0 radical (unpaired) electrons. The first-order valence-electron chi connectivity index (χ1n) is 12.5. The molecule has 5 N–H and O–H groups in total. The first kappa shape index (κ1) is 25.7. The highest BCUT2D eigenvalue weighted by Crippen LogP contribution is 2.30. The van der Waals surface area contributed by atoms with Crippen molar-refractivity contribution in [1.29, 1.82) is 0 Å². The van der Waals surface area contributed by atoms with Crippen LogP contribution in [0, 0.1) is 12.7 Å². The Morgan fingerprint density at radius 2 is 1.81 bits per heavy atom. The van der Waals surface area contributed by atoms with Crippen LogP contribution in [0.15, 0.2) is 54.1 Å². The Labute approximate surface area is 212 Å². The third-order valence-corrected chi connectivity index (χ3v) is 6.60. The lowest BCUT2D eigenvalue weighted by Gasteiger charge is -2.33. The van der Waals surface area contributed by atoms with Crippen molar-refractivity contribution < 1.29 is 4.39 Å². The smallest absolute Gasteiger partial charge is 0.151 e. The van der Waals surface area contributed by atoms with Crippen LogP contribution in [0.1, 0.15) is 32.6 Å². The summed E-state index contributed by atoms with van der Waals surface area (Å²) in [6.07, 6.45) is 5.26. The topological polar surface area (TPSA) is 101 Å². The van der Waals surface area contributed by atoms with E-state index < -0.39 is 0 Å². The summed E-state index contributed by atoms with van der Waals surface area (Å²) < 4.78 is 17.0. The molecule has 3 heterocycles. The van der Waals surface area contributed by atoms with E-state index in [4.69, 9.17) is 11.5 Å². The van der Waals surface area contributed by atoms with Crippen LogP contribution in [0.2, 0.25) is 0 Å². The molecule has 1 aliphatic heterocycles. The summed E-state index contributed by atoms with van der Waals surface area (Å²) in [4.78, 5) is 13.6. The van der Waals surface area contributed by atoms with Crippen LogP contribution in [0.3, 0.4) is 0 Å². The Balaban J connectivity index is 1.47. The Morgan fingerprint density at radius 3 is 2.50 bits per heavy atom. The maximum Gasteiger partial charge on any atom is 0.151 e. The molecule has 0 bridgehead atoms. The van der Waals surface area contributed by atoms with Crippen LogP contribution >= 0.6 is 0 Å². The second kappa shape index (κ2) is 11.1. The number of nitrogens with two attached hydrogens (primary N) is 2. The lowest BCUT2D eigenvalue weighted by molar-refractivity contribution is 0.145. The van der Waals surface area contributed by atoms with E-state index in [0.29, 0.717) is 17.2 Å². The number of nitrogens with zero attached hydrogens (tertiary/aromatic N) is 5. The van der Waals surface area contributed by atoms with Gasteiger partial charge in [0.25, 0.3) is 0 Å². The largest absolute Gasteiger partial charge is 0.401 e. The van der Waals surface area contributed by atoms with Gasteiger partial charge in [-0.1, -0.05) is 6.92 Å². The number of aromatic nitrogens is 3. The monoisotopic (exact) mass is 492 g/mol. The molecular formula is C27H37FN8. The average Bonchev–Trinajstić information content (AvgIpc) is 3.20. The van der Waals surface area contributed by atoms with E-state index in [-0.39, 0.29) is 11.9 Å². The number of pyridine rings is 1. The molecule has 9 heteroatoms. The van der Waals surface area contributed by atoms with E-state index in [2.05, 4.69) is 45.9 Å². The van der Waals surface area contributed by atoms with Crippen molar-refractivity contribution >= 4 is 16.9 Å². The fourth-order valence-electron chi connectivity index (χ4n) is 4.73. The molecule has 0 saturated carbocycles. The molecule has 1 aromatic carbocycles. The van der Waals surface area contributed by atoms with Crippen LogP contribution in [0.5, 0.6) is 0 Å². The first-order valence-corrected chi connectivity index (χ1v) is 12.5. The fraction of sp³-hybridized carbons (Fsp3) is 0.407. The van der Waals surface area contributed by atoms with Gasteiger partial charge in [-0.3, -0.25) is 4.90 Å². The lowest BCUT2D eigenvalue weighted by Crippen LogP contribution is -2.47. The predicted octanol–water partition coefficient (Wildman–Crippen LogP) is 3.82. The molecular weight excluding hydrogens is 455 g/mol. The zero-order valence-corrected chi connectivity index (χ0v) is 21.6. The summed E-state index contributed by atoms with van der Waals surface area (Å²) in [6.45, 7) is 14.2. The number of hydrogen-bond donors (Lipinski definition) is 3. The van der Waals surface area contributed by atoms with Gasteiger partial charge >= 0.3 is 0 Å². The molecule has 0 atom stereocenters. The van der Waals surface area contributed by atoms with Gasteiger partial charge in [-0.15, -0.1) is 0 Å². The van der Waals surface area contributed by atoms with Gasteiger partial charge in [-0.2, -0.15) is 0 Å². The number of nitrogens with one attached hydrogen (secondary N) is 1. The van der Waals surface area contributed by atoms with Crippen molar-refractivity contribution in [3.05, 3.63) is 65.8 Å². The molecule has 0 aliphatic carbocycles. The summed E-state index contributed by atoms with van der Waals surface area (Å²) in [6, 6.07) is 7.36. The minimum atomic E-state index is -0.340. The van der Waals surface area contributed by atoms with E-state index in [0.717, 1.165) is 67.4 Å². The number of rotatable bonds is 8. The molecule has 1 fully saturated rings. The molecule has 2 aromatic heterocycles. The average molecular weight is 493 g/mol. The molecule has 8 nitrogen and oxygen atoms in total. The third-order valence-electron chi connectivity index (χ3n) is 6.60. The summed E-state index contributed by atoms with van der Waals surface area (Å²) in [5, 5.41) is 3.11. The number of benzene rings is 1. The van der Waals surface area contributed by atoms with Crippen molar-refractivity contribution in [2.45, 2.75) is 33.7 Å². The van der Waals surface area contributed by atoms with E-state index in [9.17, 15) is 4.39 Å². The molecule has 0 unspecified atom stereocenters. The van der Waals surface area contributed by atoms with Gasteiger partial charge in [0.1, 0.15) is 23.0 Å². The number of halogens is 1. The van der Waals surface area contributed by atoms with Crippen LogP contribution in [-0.2, 0) is 0 Å². The summed E-state index contributed by atoms with van der Waals surface area (Å²) >= 11 is 0. The van der Waals surface area contributed by atoms with Crippen LogP contribution < -0.4 is 16.8 Å². The van der Waals surface area contributed by atoms with Gasteiger partial charge in [0, 0.05) is 50.7 Å². The van der Waals surface area contributed by atoms with E-state index in [1.807, 2.05) is 35.8 Å². The molecule has 3 aromatic rings. The molecule has 1 aliphatic rings. The first-order chi connectivity index (χ1) is 17.2. The normalized spacial score (nSPS) is 16.3. The number of imidazole rings is 1. The second-order valence-electron chi connectivity index (χ2n) is 9.58. The Bertz CT molecular complexity index is 1270. The van der Waals surface area contributed by atoms with Gasteiger partial charge in [0.2, 0.25) is 0 Å². The van der Waals surface area contributed by atoms with Gasteiger partial charge in [0.05, 0.1) is 5.52 Å². The summed E-state index contributed by atoms with van der Waals surface area (Å²) in [5.41, 5.74) is 15.9. The molecule has 0 spiro atoms. The quantitative estimate of drug-likeness (QED) is 0.411. The minimum absolute atomic E-state index is 0.172. The molecule has 1 saturated heterocycles. The number of piperazine rings is 1. The number of allylic oxidation sites excluding steroid dienone is 2. The highest BCUT2D eigenvalue weighted by Gasteiger charge is 2.17. The minimum Gasteiger partial charge on any atom is -0.401 e.